The average molecular weight is 257 g/mol. The maximum atomic E-state index is 12.2. The molecule has 0 rings (SSSR count). The van der Waals surface area contributed by atoms with E-state index in [1.54, 1.807) is 6.92 Å². The smallest absolute Gasteiger partial charge is 0.242 e. The molecule has 5 nitrogen and oxygen atoms in total. The van der Waals surface area contributed by atoms with Crippen molar-refractivity contribution < 1.29 is 9.59 Å². The van der Waals surface area contributed by atoms with Gasteiger partial charge in [-0.15, -0.1) is 0 Å². The topological polar surface area (TPSA) is 75.4 Å². The second-order valence-electron chi connectivity index (χ2n) is 5.21. The number of nitrogens with zero attached hydrogens (tertiary/aromatic N) is 1. The van der Waals surface area contributed by atoms with E-state index < -0.39 is 5.54 Å². The molecule has 0 aliphatic carbocycles. The van der Waals surface area contributed by atoms with Crippen LogP contribution in [-0.2, 0) is 9.59 Å². The molecule has 18 heavy (non-hydrogen) atoms. The summed E-state index contributed by atoms with van der Waals surface area (Å²) < 4.78 is 0. The molecule has 0 heterocycles. The molecule has 0 saturated heterocycles. The minimum atomic E-state index is -0.886. The number of hydrogen-bond donors (Lipinski definition) is 2. The molecule has 0 aromatic rings. The lowest BCUT2D eigenvalue weighted by Crippen LogP contribution is -2.55. The van der Waals surface area contributed by atoms with Crippen LogP contribution < -0.4 is 11.1 Å². The molecule has 0 spiro atoms. The number of carbonyl (C=O) groups excluding carboxylic acids is 2. The summed E-state index contributed by atoms with van der Waals surface area (Å²) in [5, 5.41) is 2.77. The highest BCUT2D eigenvalue weighted by Gasteiger charge is 2.31. The van der Waals surface area contributed by atoms with Crippen LogP contribution in [0.15, 0.2) is 0 Å². The maximum Gasteiger partial charge on any atom is 0.242 e. The van der Waals surface area contributed by atoms with Gasteiger partial charge < -0.3 is 16.0 Å². The first-order valence-electron chi connectivity index (χ1n) is 6.62. The lowest BCUT2D eigenvalue weighted by atomic mass is 9.95. The zero-order valence-electron chi connectivity index (χ0n) is 12.2. The minimum absolute atomic E-state index is 0.0734. The fourth-order valence-corrected chi connectivity index (χ4v) is 1.86. The van der Waals surface area contributed by atoms with Gasteiger partial charge in [0.25, 0.3) is 0 Å². The van der Waals surface area contributed by atoms with Gasteiger partial charge in [-0.05, 0) is 34.1 Å². The van der Waals surface area contributed by atoms with Crippen LogP contribution >= 0.6 is 0 Å². The van der Waals surface area contributed by atoms with E-state index in [1.807, 2.05) is 27.7 Å². The molecule has 0 bridgehead atoms. The Hall–Kier alpha value is -1.10. The summed E-state index contributed by atoms with van der Waals surface area (Å²) in [5.41, 5.74) is 5.12. The Balaban J connectivity index is 4.58. The molecule has 2 amide bonds. The van der Waals surface area contributed by atoms with Crippen molar-refractivity contribution in [1.29, 1.82) is 0 Å². The highest BCUT2D eigenvalue weighted by atomic mass is 16.2. The van der Waals surface area contributed by atoms with Gasteiger partial charge in [-0.1, -0.05) is 13.3 Å². The van der Waals surface area contributed by atoms with Crippen LogP contribution in [0.4, 0.5) is 0 Å². The molecule has 0 aliphatic heterocycles. The SMILES string of the molecule is CCCC(C)(N)C(=O)N(CC)CC(=O)NC(C)C. The highest BCUT2D eigenvalue weighted by molar-refractivity contribution is 5.89. The first kappa shape index (κ1) is 16.9. The molecule has 1 atom stereocenters. The van der Waals surface area contributed by atoms with Gasteiger partial charge in [-0.25, -0.2) is 0 Å². The van der Waals surface area contributed by atoms with Crippen molar-refractivity contribution in [2.24, 2.45) is 5.73 Å². The van der Waals surface area contributed by atoms with Gasteiger partial charge in [0.05, 0.1) is 12.1 Å². The minimum Gasteiger partial charge on any atom is -0.352 e. The summed E-state index contributed by atoms with van der Waals surface area (Å²) in [4.78, 5) is 25.4. The first-order valence-corrected chi connectivity index (χ1v) is 6.62. The van der Waals surface area contributed by atoms with E-state index in [-0.39, 0.29) is 24.4 Å². The lowest BCUT2D eigenvalue weighted by molar-refractivity contribution is -0.140. The van der Waals surface area contributed by atoms with Crippen LogP contribution in [0.2, 0.25) is 0 Å². The molecule has 0 fully saturated rings. The number of nitrogens with one attached hydrogen (secondary N) is 1. The van der Waals surface area contributed by atoms with E-state index in [0.717, 1.165) is 6.42 Å². The maximum absolute atomic E-state index is 12.2. The zero-order chi connectivity index (χ0) is 14.3. The second-order valence-corrected chi connectivity index (χ2v) is 5.21. The van der Waals surface area contributed by atoms with Crippen molar-refractivity contribution in [3.8, 4) is 0 Å². The number of rotatable bonds is 7. The number of likely N-dealkylation sites (N-methyl/N-ethyl adjacent to an activating group) is 1. The number of carbonyl (C=O) groups is 2. The Kier molecular flexibility index (Phi) is 6.91. The molecule has 0 aromatic heterocycles. The average Bonchev–Trinajstić information content (AvgIpc) is 2.23. The molecule has 106 valence electrons. The fraction of sp³-hybridized carbons (Fsp3) is 0.846. The third kappa shape index (κ3) is 5.49. The summed E-state index contributed by atoms with van der Waals surface area (Å²) in [6, 6.07) is 0.0752. The van der Waals surface area contributed by atoms with E-state index in [9.17, 15) is 9.59 Å². The van der Waals surface area contributed by atoms with Gasteiger partial charge in [0.1, 0.15) is 0 Å². The fourth-order valence-electron chi connectivity index (χ4n) is 1.86. The van der Waals surface area contributed by atoms with Crippen molar-refractivity contribution >= 4 is 11.8 Å². The monoisotopic (exact) mass is 257 g/mol. The number of amides is 2. The first-order chi connectivity index (χ1) is 8.24. The molecule has 0 saturated carbocycles. The van der Waals surface area contributed by atoms with Crippen LogP contribution in [0.25, 0.3) is 0 Å². The van der Waals surface area contributed by atoms with Crippen LogP contribution in [-0.4, -0.2) is 41.4 Å². The Labute approximate surface area is 110 Å². The molecular formula is C13H27N3O2. The van der Waals surface area contributed by atoms with Gasteiger partial charge in [0, 0.05) is 12.6 Å². The molecular weight excluding hydrogens is 230 g/mol. The highest BCUT2D eigenvalue weighted by Crippen LogP contribution is 2.12. The van der Waals surface area contributed by atoms with Gasteiger partial charge in [-0.2, -0.15) is 0 Å². The predicted molar refractivity (Wildman–Crippen MR) is 73.0 cm³/mol. The largest absolute Gasteiger partial charge is 0.352 e. The molecule has 0 aromatic carbocycles. The molecule has 1 unspecified atom stereocenters. The Morgan fingerprint density at radius 2 is 1.89 bits per heavy atom. The van der Waals surface area contributed by atoms with Crippen LogP contribution in [0.5, 0.6) is 0 Å². The van der Waals surface area contributed by atoms with Crippen molar-refractivity contribution in [2.45, 2.75) is 59.0 Å². The van der Waals surface area contributed by atoms with Crippen molar-refractivity contribution in [2.75, 3.05) is 13.1 Å². The third-order valence-electron chi connectivity index (χ3n) is 2.71. The van der Waals surface area contributed by atoms with E-state index in [2.05, 4.69) is 5.32 Å². The summed E-state index contributed by atoms with van der Waals surface area (Å²) >= 11 is 0. The summed E-state index contributed by atoms with van der Waals surface area (Å²) in [6.07, 6.45) is 1.46. The quantitative estimate of drug-likeness (QED) is 0.711. The van der Waals surface area contributed by atoms with Gasteiger partial charge in [-0.3, -0.25) is 9.59 Å². The third-order valence-corrected chi connectivity index (χ3v) is 2.71. The van der Waals surface area contributed by atoms with Crippen LogP contribution in [0.1, 0.15) is 47.5 Å². The summed E-state index contributed by atoms with van der Waals surface area (Å²) in [6.45, 7) is 9.90. The van der Waals surface area contributed by atoms with Crippen molar-refractivity contribution in [3.05, 3.63) is 0 Å². The van der Waals surface area contributed by atoms with Crippen molar-refractivity contribution in [3.63, 3.8) is 0 Å². The van der Waals surface area contributed by atoms with E-state index in [4.69, 9.17) is 5.73 Å². The van der Waals surface area contributed by atoms with E-state index >= 15 is 0 Å². The van der Waals surface area contributed by atoms with Crippen molar-refractivity contribution in [1.82, 2.24) is 10.2 Å². The number of nitrogens with two attached hydrogens (primary N) is 1. The Morgan fingerprint density at radius 3 is 2.28 bits per heavy atom. The normalized spacial score (nSPS) is 14.2. The van der Waals surface area contributed by atoms with Crippen LogP contribution in [0, 0.1) is 0 Å². The second kappa shape index (κ2) is 7.36. The summed E-state index contributed by atoms with van der Waals surface area (Å²) in [5.74, 6) is -0.307. The zero-order valence-corrected chi connectivity index (χ0v) is 12.2. The Morgan fingerprint density at radius 1 is 1.33 bits per heavy atom. The number of hydrogen-bond acceptors (Lipinski definition) is 3. The summed E-state index contributed by atoms with van der Waals surface area (Å²) in [7, 11) is 0. The van der Waals surface area contributed by atoms with E-state index in [1.165, 1.54) is 4.90 Å². The predicted octanol–water partition coefficient (Wildman–Crippen LogP) is 0.877. The standard InChI is InChI=1S/C13H27N3O2/c1-6-8-13(5,14)12(18)16(7-2)9-11(17)15-10(3)4/h10H,6-9,14H2,1-5H3,(H,15,17). The molecule has 0 radical (unpaired) electrons. The molecule has 0 aliphatic rings. The Bertz CT molecular complexity index is 288. The van der Waals surface area contributed by atoms with Gasteiger partial charge >= 0.3 is 0 Å². The lowest BCUT2D eigenvalue weighted by Gasteiger charge is -2.30. The molecule has 3 N–H and O–H groups in total. The molecule has 5 heteroatoms. The van der Waals surface area contributed by atoms with Gasteiger partial charge in [0.2, 0.25) is 11.8 Å². The van der Waals surface area contributed by atoms with E-state index in [0.29, 0.717) is 13.0 Å². The van der Waals surface area contributed by atoms with Gasteiger partial charge in [0.15, 0.2) is 0 Å². The van der Waals surface area contributed by atoms with Crippen LogP contribution in [0.3, 0.4) is 0 Å².